The molecule has 0 spiro atoms. The zero-order valence-corrected chi connectivity index (χ0v) is 23.0. The standard InChI is InChI=1S/C31H34NS.BF4/c1-22-19-27(23(2)25-13-7-4-8-14-25)31(28(20-22)24(3)26-15-9-5-10-16-26)32-21-33-30-18-12-6-11-17-29(30)32;2-1(3,4)5/h4-5,7-10,13-16,19-21,23-24H,6,11-12,17-18H2,1-3H3;/q+1;-1. The minimum absolute atomic E-state index is 0.330. The monoisotopic (exact) mass is 539 g/mol. The van der Waals surface area contributed by atoms with Gasteiger partial charge in [0.2, 0.25) is 16.9 Å². The Morgan fingerprint density at radius 2 is 1.21 bits per heavy atom. The zero-order valence-electron chi connectivity index (χ0n) is 22.1. The summed E-state index contributed by atoms with van der Waals surface area (Å²) in [6.45, 7) is 7.00. The molecule has 5 rings (SSSR count). The fraction of sp³-hybridized carbons (Fsp3) is 0.323. The lowest BCUT2D eigenvalue weighted by atomic mass is 9.84. The average Bonchev–Trinajstić information content (AvgIpc) is 3.14. The Kier molecular flexibility index (Phi) is 9.09. The van der Waals surface area contributed by atoms with Crippen LogP contribution in [0.25, 0.3) is 5.69 Å². The van der Waals surface area contributed by atoms with Gasteiger partial charge in [-0.25, -0.2) is 0 Å². The summed E-state index contributed by atoms with van der Waals surface area (Å²) in [7, 11) is -6.00. The first-order valence-corrected chi connectivity index (χ1v) is 14.1. The molecule has 1 aliphatic rings. The molecule has 7 heteroatoms. The fourth-order valence-electron chi connectivity index (χ4n) is 5.40. The van der Waals surface area contributed by atoms with Gasteiger partial charge in [0, 0.05) is 29.4 Å². The van der Waals surface area contributed by atoms with Gasteiger partial charge in [0.05, 0.1) is 4.88 Å². The number of fused-ring (bicyclic) bond motifs is 1. The number of nitrogens with zero attached hydrogens (tertiary/aromatic N) is 1. The Hall–Kier alpha value is -2.93. The number of hydrogen-bond donors (Lipinski definition) is 0. The molecule has 1 aromatic heterocycles. The average molecular weight is 539 g/mol. The highest BCUT2D eigenvalue weighted by Crippen LogP contribution is 2.37. The molecular formula is C31H34BF4NS. The molecule has 200 valence electrons. The van der Waals surface area contributed by atoms with E-state index in [1.165, 1.54) is 65.6 Å². The highest BCUT2D eigenvalue weighted by atomic mass is 32.1. The summed E-state index contributed by atoms with van der Waals surface area (Å²) in [5, 5.41) is 0. The van der Waals surface area contributed by atoms with Crippen LogP contribution in [0.4, 0.5) is 17.3 Å². The molecule has 3 aromatic carbocycles. The molecule has 0 aliphatic heterocycles. The maximum Gasteiger partial charge on any atom is 0.673 e. The van der Waals surface area contributed by atoms with Crippen molar-refractivity contribution in [2.24, 2.45) is 0 Å². The van der Waals surface area contributed by atoms with Gasteiger partial charge in [-0.1, -0.05) is 97.8 Å². The third-order valence-electron chi connectivity index (χ3n) is 7.32. The van der Waals surface area contributed by atoms with E-state index < -0.39 is 7.25 Å². The lowest BCUT2D eigenvalue weighted by molar-refractivity contribution is -0.600. The first kappa shape index (κ1) is 28.1. The van der Waals surface area contributed by atoms with E-state index in [0.717, 1.165) is 0 Å². The lowest BCUT2D eigenvalue weighted by Crippen LogP contribution is -2.36. The normalized spacial score (nSPS) is 15.0. The van der Waals surface area contributed by atoms with Crippen molar-refractivity contribution in [2.45, 2.75) is 64.7 Å². The van der Waals surface area contributed by atoms with Crippen LogP contribution in [0.15, 0.2) is 78.3 Å². The minimum atomic E-state index is -6.00. The van der Waals surface area contributed by atoms with Crippen LogP contribution in [0.5, 0.6) is 0 Å². The molecule has 0 N–H and O–H groups in total. The van der Waals surface area contributed by atoms with Crippen LogP contribution in [-0.4, -0.2) is 7.25 Å². The number of benzene rings is 3. The molecule has 0 bridgehead atoms. The molecule has 1 nitrogen and oxygen atoms in total. The van der Waals surface area contributed by atoms with E-state index in [-0.39, 0.29) is 0 Å². The van der Waals surface area contributed by atoms with Crippen LogP contribution in [0.1, 0.15) is 83.3 Å². The van der Waals surface area contributed by atoms with E-state index >= 15 is 0 Å². The maximum atomic E-state index is 9.75. The van der Waals surface area contributed by atoms with Crippen LogP contribution < -0.4 is 4.57 Å². The van der Waals surface area contributed by atoms with Gasteiger partial charge in [0.1, 0.15) is 0 Å². The van der Waals surface area contributed by atoms with Crippen LogP contribution in [0, 0.1) is 6.92 Å². The third-order valence-corrected chi connectivity index (χ3v) is 8.36. The van der Waals surface area contributed by atoms with Gasteiger partial charge in [0.25, 0.3) is 0 Å². The molecule has 0 saturated heterocycles. The number of thiazole rings is 1. The smallest absolute Gasteiger partial charge is 0.418 e. The van der Waals surface area contributed by atoms with E-state index in [2.05, 4.69) is 104 Å². The van der Waals surface area contributed by atoms with Gasteiger partial charge in [-0.05, 0) is 49.4 Å². The van der Waals surface area contributed by atoms with Gasteiger partial charge in [-0.2, -0.15) is 4.57 Å². The third kappa shape index (κ3) is 6.93. The summed E-state index contributed by atoms with van der Waals surface area (Å²) >= 11 is 1.96. The Morgan fingerprint density at radius 1 is 0.737 bits per heavy atom. The molecule has 2 atom stereocenters. The van der Waals surface area contributed by atoms with Crippen molar-refractivity contribution in [1.29, 1.82) is 0 Å². The number of aromatic nitrogens is 1. The predicted molar refractivity (Wildman–Crippen MR) is 150 cm³/mol. The van der Waals surface area contributed by atoms with Crippen LogP contribution in [-0.2, 0) is 12.8 Å². The van der Waals surface area contributed by atoms with Crippen molar-refractivity contribution in [3.05, 3.63) is 117 Å². The first-order chi connectivity index (χ1) is 18.1. The molecule has 4 aromatic rings. The van der Waals surface area contributed by atoms with Gasteiger partial charge in [-0.15, -0.1) is 0 Å². The fourth-order valence-corrected chi connectivity index (χ4v) is 6.47. The van der Waals surface area contributed by atoms with Gasteiger partial charge in [0.15, 0.2) is 0 Å². The van der Waals surface area contributed by atoms with Crippen LogP contribution in [0.2, 0.25) is 0 Å². The Balaban J connectivity index is 0.000000617. The van der Waals surface area contributed by atoms with E-state index in [1.54, 1.807) is 10.6 Å². The quantitative estimate of drug-likeness (QED) is 0.103. The summed E-state index contributed by atoms with van der Waals surface area (Å²) in [5.74, 6) is 0.660. The summed E-state index contributed by atoms with van der Waals surface area (Å²) in [6, 6.07) is 26.9. The number of hydrogen-bond acceptors (Lipinski definition) is 1. The van der Waals surface area contributed by atoms with E-state index in [9.17, 15) is 17.3 Å². The largest absolute Gasteiger partial charge is 0.673 e. The SMILES string of the molecule is Cc1cc(C(C)c2ccccc2)c(-[n+]2csc3c2CCCCC3)c(C(C)c2ccccc2)c1.F[B-](F)(F)F. The molecule has 0 radical (unpaired) electrons. The summed E-state index contributed by atoms with van der Waals surface area (Å²) < 4.78 is 41.6. The topological polar surface area (TPSA) is 3.88 Å². The molecule has 1 aliphatic carbocycles. The molecule has 2 unspecified atom stereocenters. The Morgan fingerprint density at radius 3 is 1.71 bits per heavy atom. The Bertz CT molecular complexity index is 1260. The van der Waals surface area contributed by atoms with Gasteiger partial charge in [-0.3, -0.25) is 0 Å². The maximum absolute atomic E-state index is 9.75. The second kappa shape index (κ2) is 12.3. The summed E-state index contributed by atoms with van der Waals surface area (Å²) in [4.78, 5) is 1.59. The molecule has 0 fully saturated rings. The zero-order chi connectivity index (χ0) is 27.3. The number of halogens is 4. The number of rotatable bonds is 5. The molecule has 0 amide bonds. The highest BCUT2D eigenvalue weighted by Gasteiger charge is 2.32. The van der Waals surface area contributed by atoms with E-state index in [0.29, 0.717) is 11.8 Å². The second-order valence-electron chi connectivity index (χ2n) is 10.1. The molecule has 0 saturated carbocycles. The highest BCUT2D eigenvalue weighted by molar-refractivity contribution is 7.09. The first-order valence-electron chi connectivity index (χ1n) is 13.3. The molecule has 1 heterocycles. The van der Waals surface area contributed by atoms with E-state index in [4.69, 9.17) is 0 Å². The molecular weight excluding hydrogens is 505 g/mol. The Labute approximate surface area is 227 Å². The lowest BCUT2D eigenvalue weighted by Gasteiger charge is -2.21. The van der Waals surface area contributed by atoms with Crippen molar-refractivity contribution >= 4 is 18.6 Å². The van der Waals surface area contributed by atoms with Crippen molar-refractivity contribution in [3.8, 4) is 5.69 Å². The minimum Gasteiger partial charge on any atom is -0.418 e. The summed E-state index contributed by atoms with van der Waals surface area (Å²) in [6.07, 6.45) is 6.37. The molecule has 38 heavy (non-hydrogen) atoms. The van der Waals surface area contributed by atoms with Crippen molar-refractivity contribution in [1.82, 2.24) is 0 Å². The second-order valence-corrected chi connectivity index (χ2v) is 11.0. The number of aryl methyl sites for hydroxylation is 2. The predicted octanol–water partition coefficient (Wildman–Crippen LogP) is 9.21. The van der Waals surface area contributed by atoms with Crippen LogP contribution >= 0.6 is 11.3 Å². The van der Waals surface area contributed by atoms with E-state index in [1.807, 2.05) is 11.3 Å². The van der Waals surface area contributed by atoms with Crippen molar-refractivity contribution in [2.75, 3.05) is 0 Å². The van der Waals surface area contributed by atoms with Crippen LogP contribution in [0.3, 0.4) is 0 Å². The van der Waals surface area contributed by atoms with Gasteiger partial charge >= 0.3 is 7.25 Å². The van der Waals surface area contributed by atoms with Gasteiger partial charge < -0.3 is 17.3 Å². The summed E-state index contributed by atoms with van der Waals surface area (Å²) in [5.41, 5.74) is 12.3. The van der Waals surface area contributed by atoms with Crippen molar-refractivity contribution in [3.63, 3.8) is 0 Å². The van der Waals surface area contributed by atoms with Crippen molar-refractivity contribution < 1.29 is 21.8 Å².